The molecular formula is C58H54F6N18O6. The Morgan fingerprint density at radius 3 is 1.62 bits per heavy atom. The van der Waals surface area contributed by atoms with Crippen LogP contribution in [0.25, 0.3) is 67.6 Å². The number of aryl methyl sites for hydroxylation is 1. The first-order valence-corrected chi connectivity index (χ1v) is 26.9. The number of alkyl halides is 6. The van der Waals surface area contributed by atoms with Crippen LogP contribution in [0.2, 0.25) is 0 Å². The molecule has 0 aliphatic rings. The van der Waals surface area contributed by atoms with Crippen molar-refractivity contribution in [2.75, 3.05) is 10.6 Å². The van der Waals surface area contributed by atoms with Crippen molar-refractivity contribution in [1.82, 2.24) is 80.4 Å². The Hall–Kier alpha value is -10.7. The molecule has 0 fully saturated rings. The predicted molar refractivity (Wildman–Crippen MR) is 306 cm³/mol. The van der Waals surface area contributed by atoms with Crippen molar-refractivity contribution in [2.24, 2.45) is 7.05 Å². The fourth-order valence-electron chi connectivity index (χ4n) is 9.22. The lowest BCUT2D eigenvalue weighted by Crippen LogP contribution is -2.25. The number of carbonyl (C=O) groups is 4. The smallest absolute Gasteiger partial charge is 0.344 e. The minimum atomic E-state index is -4.93. The van der Waals surface area contributed by atoms with E-state index in [0.29, 0.717) is 5.69 Å². The molecule has 2 aromatic carbocycles. The Bertz CT molecular complexity index is 4400. The Labute approximate surface area is 494 Å². The zero-order chi connectivity index (χ0) is 63.4. The number of aromatic amines is 2. The minimum absolute atomic E-state index is 0.0241. The van der Waals surface area contributed by atoms with E-state index in [1.165, 1.54) is 58.3 Å². The molecule has 1 unspecified atom stereocenters. The lowest BCUT2D eigenvalue weighted by atomic mass is 9.96. The summed E-state index contributed by atoms with van der Waals surface area (Å²) in [5.74, 6) is -3.17. The average molecular weight is 1210 g/mol. The molecule has 0 saturated heterocycles. The Balaban J connectivity index is 0.989. The van der Waals surface area contributed by atoms with Crippen molar-refractivity contribution in [3.63, 3.8) is 0 Å². The average Bonchev–Trinajstić information content (AvgIpc) is 2.73. The number of imidazole rings is 2. The van der Waals surface area contributed by atoms with E-state index in [2.05, 4.69) is 79.7 Å². The van der Waals surface area contributed by atoms with Crippen LogP contribution in [0, 0.1) is 0 Å². The third-order valence-corrected chi connectivity index (χ3v) is 13.7. The van der Waals surface area contributed by atoms with Crippen molar-refractivity contribution < 1.29 is 54.6 Å². The number of nitrogens with zero attached hydrogens (tertiary/aromatic N) is 12. The Morgan fingerprint density at radius 1 is 0.636 bits per heavy atom. The van der Waals surface area contributed by atoms with E-state index >= 15 is 13.2 Å². The van der Waals surface area contributed by atoms with Crippen molar-refractivity contribution in [3.8, 4) is 45.3 Å². The van der Waals surface area contributed by atoms with Gasteiger partial charge in [-0.2, -0.15) is 46.5 Å². The summed E-state index contributed by atoms with van der Waals surface area (Å²) < 4.78 is 103. The van der Waals surface area contributed by atoms with E-state index < -0.39 is 88.9 Å². The zero-order valence-electron chi connectivity index (χ0n) is 48.2. The molecule has 10 aromatic rings. The second-order valence-electron chi connectivity index (χ2n) is 22.4. The first-order valence-electron chi connectivity index (χ1n) is 26.9. The fourth-order valence-corrected chi connectivity index (χ4v) is 9.22. The van der Waals surface area contributed by atoms with Crippen molar-refractivity contribution in [1.29, 1.82) is 0 Å². The molecule has 1 atom stereocenters. The van der Waals surface area contributed by atoms with Gasteiger partial charge in [0.25, 0.3) is 0 Å². The Kier molecular flexibility index (Phi) is 15.8. The van der Waals surface area contributed by atoms with E-state index in [-0.39, 0.29) is 108 Å². The molecule has 0 saturated carbocycles. The van der Waals surface area contributed by atoms with Crippen LogP contribution < -0.4 is 21.3 Å². The third kappa shape index (κ3) is 12.7. The molecule has 4 amide bonds. The number of amides is 4. The van der Waals surface area contributed by atoms with Crippen LogP contribution in [0.1, 0.15) is 115 Å². The number of hydrogen-bond donors (Lipinski definition) is 6. The summed E-state index contributed by atoms with van der Waals surface area (Å²) in [6.45, 7) is 18.5. The SMILES string of the molecule is C=CC(=O)Nc1cn(C)nc1-c1nc2nc(CC(C)n3cc(NC(=O)C=C)c(-c4nc5nccc(-c6ccc(CNC(=O)c7nc(C(C)(C)C)no7)c(C(F)(F)F)c6)c5[nH]4)n3)cc(-c3ccc(CNC(=O)c4nc(C(C)(C)C)no4)c(C(F)(F)F)c3)c2[nH]1. The fraction of sp³-hybridized carbons (Fsp3) is 0.276. The van der Waals surface area contributed by atoms with Gasteiger partial charge in [0.15, 0.2) is 46.0 Å². The molecule has 0 radical (unpaired) electrons. The summed E-state index contributed by atoms with van der Waals surface area (Å²) >= 11 is 0. The maximum absolute atomic E-state index is 15.1. The molecule has 30 heteroatoms. The maximum Gasteiger partial charge on any atom is 0.416 e. The van der Waals surface area contributed by atoms with Crippen LogP contribution in [-0.4, -0.2) is 93.4 Å². The zero-order valence-corrected chi connectivity index (χ0v) is 48.2. The highest BCUT2D eigenvalue weighted by Crippen LogP contribution is 2.40. The molecule has 10 rings (SSSR count). The summed E-state index contributed by atoms with van der Waals surface area (Å²) in [5, 5.41) is 27.2. The standard InChI is InChI=1S/C58H54F6N18O6/c1-11-39(83)69-37-25-81(10)77-43(37)47-72-42-34(29-14-16-31(36(21-29)58(62,63)64)24-67-50(86)52-76-54(80-88-52)56(7,8)9)22-32(68-46(42)74-47)19-27(3)82-26-38(70-40(84)12-2)44(78-82)48-71-41-33(17-18-65-45(41)73-48)28-13-15-30(35(20-28)57(59,60)61)23-66-49(85)51-75-53(79-87-51)55(4,5)6/h11-18,20-22,25-27H,1-2,19,23-24H2,3-10H3,(H,66,85)(H,67,86)(H,69,83)(H,70,84)(H,65,71,73)(H,68,72,74). The number of halogens is 6. The van der Waals surface area contributed by atoms with Crippen LogP contribution in [-0.2, 0) is 59.3 Å². The van der Waals surface area contributed by atoms with Crippen molar-refractivity contribution in [2.45, 2.75) is 97.2 Å². The van der Waals surface area contributed by atoms with E-state index in [4.69, 9.17) is 24.1 Å². The topological polar surface area (TPSA) is 313 Å². The van der Waals surface area contributed by atoms with Gasteiger partial charge in [-0.15, -0.1) is 0 Å². The summed E-state index contributed by atoms with van der Waals surface area (Å²) in [6, 6.07) is 9.60. The van der Waals surface area contributed by atoms with E-state index in [0.717, 1.165) is 24.3 Å². The largest absolute Gasteiger partial charge is 0.416 e. The first kappa shape index (κ1) is 60.4. The number of nitrogens with one attached hydrogen (secondary N) is 6. The lowest BCUT2D eigenvalue weighted by Gasteiger charge is -2.16. The molecular weight excluding hydrogens is 1160 g/mol. The number of fused-ring (bicyclic) bond motifs is 2. The molecule has 454 valence electrons. The van der Waals surface area contributed by atoms with Crippen LogP contribution in [0.4, 0.5) is 37.7 Å². The molecule has 0 aliphatic heterocycles. The molecule has 24 nitrogen and oxygen atoms in total. The highest BCUT2D eigenvalue weighted by atomic mass is 19.4. The van der Waals surface area contributed by atoms with E-state index in [9.17, 15) is 32.3 Å². The van der Waals surface area contributed by atoms with E-state index in [1.54, 1.807) is 61.6 Å². The number of rotatable bonds is 17. The third-order valence-electron chi connectivity index (χ3n) is 13.7. The van der Waals surface area contributed by atoms with Gasteiger partial charge >= 0.3 is 35.9 Å². The number of hydrogen-bond acceptors (Lipinski definition) is 16. The molecule has 6 N–H and O–H groups in total. The van der Waals surface area contributed by atoms with Crippen LogP contribution in [0.5, 0.6) is 0 Å². The second-order valence-corrected chi connectivity index (χ2v) is 22.4. The lowest BCUT2D eigenvalue weighted by molar-refractivity contribution is -0.139. The molecule has 0 spiro atoms. The quantitative estimate of drug-likeness (QED) is 0.0365. The molecule has 0 aliphatic carbocycles. The van der Waals surface area contributed by atoms with Crippen LogP contribution in [0.3, 0.4) is 0 Å². The monoisotopic (exact) mass is 1210 g/mol. The second kappa shape index (κ2) is 23.0. The number of H-pyrrole nitrogens is 2. The van der Waals surface area contributed by atoms with Crippen LogP contribution in [0.15, 0.2) is 101 Å². The highest BCUT2D eigenvalue weighted by molar-refractivity contribution is 6.02. The Morgan fingerprint density at radius 2 is 1.12 bits per heavy atom. The number of aromatic nitrogens is 14. The summed E-state index contributed by atoms with van der Waals surface area (Å²) in [5.41, 5.74) is -1.74. The minimum Gasteiger partial charge on any atom is -0.344 e. The van der Waals surface area contributed by atoms with Gasteiger partial charge in [0.05, 0.1) is 39.6 Å². The first-order chi connectivity index (χ1) is 41.4. The van der Waals surface area contributed by atoms with Gasteiger partial charge in [0.1, 0.15) is 0 Å². The molecule has 8 aromatic heterocycles. The summed E-state index contributed by atoms with van der Waals surface area (Å²) in [6.07, 6.45) is -3.31. The predicted octanol–water partition coefficient (Wildman–Crippen LogP) is 10.1. The van der Waals surface area contributed by atoms with Gasteiger partial charge in [-0.05, 0) is 65.6 Å². The van der Waals surface area contributed by atoms with Gasteiger partial charge in [-0.1, -0.05) is 89.3 Å². The molecule has 88 heavy (non-hydrogen) atoms. The van der Waals surface area contributed by atoms with Gasteiger partial charge in [-0.3, -0.25) is 28.5 Å². The number of carbonyl (C=O) groups excluding carboxylic acids is 4. The molecule has 8 heterocycles. The van der Waals surface area contributed by atoms with Crippen molar-refractivity contribution >= 4 is 57.3 Å². The van der Waals surface area contributed by atoms with Gasteiger partial charge < -0.3 is 40.3 Å². The molecule has 0 bridgehead atoms. The normalized spacial score (nSPS) is 12.6. The van der Waals surface area contributed by atoms with Gasteiger partial charge in [0.2, 0.25) is 11.8 Å². The van der Waals surface area contributed by atoms with Crippen molar-refractivity contribution in [3.05, 3.63) is 144 Å². The highest BCUT2D eigenvalue weighted by Gasteiger charge is 2.36. The number of anilines is 2. The van der Waals surface area contributed by atoms with Gasteiger partial charge in [0, 0.05) is 72.8 Å². The maximum atomic E-state index is 15.1. The van der Waals surface area contributed by atoms with E-state index in [1.807, 2.05) is 0 Å². The summed E-state index contributed by atoms with van der Waals surface area (Å²) in [4.78, 5) is 84.4. The van der Waals surface area contributed by atoms with Crippen LogP contribution >= 0.6 is 0 Å². The summed E-state index contributed by atoms with van der Waals surface area (Å²) in [7, 11) is 1.61. The number of pyridine rings is 2. The van der Waals surface area contributed by atoms with Gasteiger partial charge in [-0.25, -0.2) is 19.9 Å². The number of benzene rings is 2.